The lowest BCUT2D eigenvalue weighted by molar-refractivity contribution is -0.151. The van der Waals surface area contributed by atoms with Crippen LogP contribution in [-0.2, 0) is 14.3 Å². The van der Waals surface area contributed by atoms with E-state index >= 15 is 0 Å². The molecule has 0 aromatic carbocycles. The van der Waals surface area contributed by atoms with E-state index in [1.165, 1.54) is 96.3 Å². The van der Waals surface area contributed by atoms with Crippen LogP contribution in [0.25, 0.3) is 0 Å². The number of carbonyl (C=O) groups is 2. The van der Waals surface area contributed by atoms with Crippen molar-refractivity contribution in [1.29, 1.82) is 0 Å². The number of allylic oxidation sites excluding steroid dienone is 16. The van der Waals surface area contributed by atoms with Gasteiger partial charge in [-0.05, 0) is 64.2 Å². The number of nitrogens with one attached hydrogen (secondary N) is 1. The number of unbranched alkanes of at least 4 members (excludes halogenated alkanes) is 23. The molecule has 63 heavy (non-hydrogen) atoms. The van der Waals surface area contributed by atoms with Gasteiger partial charge in [-0.15, -0.1) is 0 Å². The molecular formula is C57H97NO5. The third kappa shape index (κ3) is 45.2. The lowest BCUT2D eigenvalue weighted by Crippen LogP contribution is -2.46. The topological polar surface area (TPSA) is 95.9 Å². The first-order valence-corrected chi connectivity index (χ1v) is 26.1. The van der Waals surface area contributed by atoms with Gasteiger partial charge < -0.3 is 20.3 Å². The van der Waals surface area contributed by atoms with Gasteiger partial charge >= 0.3 is 5.97 Å². The van der Waals surface area contributed by atoms with Crippen LogP contribution >= 0.6 is 0 Å². The number of ether oxygens (including phenoxy) is 1. The fourth-order valence-corrected chi connectivity index (χ4v) is 7.40. The molecule has 0 rings (SSSR count). The predicted molar refractivity (Wildman–Crippen MR) is 273 cm³/mol. The van der Waals surface area contributed by atoms with Crippen molar-refractivity contribution in [2.24, 2.45) is 0 Å². The third-order valence-electron chi connectivity index (χ3n) is 11.3. The predicted octanol–water partition coefficient (Wildman–Crippen LogP) is 15.7. The number of rotatable bonds is 45. The molecule has 0 spiro atoms. The number of amides is 1. The normalized spacial score (nSPS) is 14.0. The molecule has 0 aliphatic heterocycles. The second-order valence-electron chi connectivity index (χ2n) is 17.4. The van der Waals surface area contributed by atoms with Crippen molar-refractivity contribution < 1.29 is 24.5 Å². The molecule has 1 amide bonds. The minimum atomic E-state index is -0.815. The Hall–Kier alpha value is -3.22. The molecule has 360 valence electrons. The fourth-order valence-electron chi connectivity index (χ4n) is 7.40. The minimum absolute atomic E-state index is 0.0166. The smallest absolute Gasteiger partial charge is 0.306 e. The standard InChI is InChI=1S/C57H97NO5/c1-4-7-10-13-16-19-22-24-26-27-28-30-32-35-38-41-44-47-50-57(62)63-53(48-45-42-39-36-33-21-18-15-12-9-6-3)51-56(61)58-54(52-59)55(60)49-46-43-40-37-34-31-29-25-23-20-17-14-11-8-5-2/h9,12,15-16,18-19,21-22,24,26-28,30,33,36,39,53-55,59-60H,4-8,10-11,13-14,17,20,23,25,29,31-32,34-35,37-38,40-52H2,1-3H3,(H,58,61)/b12-9+,18-15+,19-16+,24-22+,27-26+,30-28+,33-21-,39-36-. The van der Waals surface area contributed by atoms with Crippen LogP contribution < -0.4 is 5.32 Å². The first kappa shape index (κ1) is 59.8. The van der Waals surface area contributed by atoms with Crippen LogP contribution in [0.5, 0.6) is 0 Å². The average molecular weight is 876 g/mol. The van der Waals surface area contributed by atoms with Gasteiger partial charge in [0, 0.05) is 6.42 Å². The van der Waals surface area contributed by atoms with E-state index in [9.17, 15) is 19.8 Å². The monoisotopic (exact) mass is 876 g/mol. The summed E-state index contributed by atoms with van der Waals surface area (Å²) < 4.78 is 5.88. The van der Waals surface area contributed by atoms with Gasteiger partial charge in [-0.25, -0.2) is 0 Å². The Kier molecular flexibility index (Phi) is 47.2. The van der Waals surface area contributed by atoms with Gasteiger partial charge in [0.2, 0.25) is 5.91 Å². The highest BCUT2D eigenvalue weighted by molar-refractivity contribution is 5.77. The summed E-state index contributed by atoms with van der Waals surface area (Å²) in [6.07, 6.45) is 66.1. The average Bonchev–Trinajstić information content (AvgIpc) is 3.28. The summed E-state index contributed by atoms with van der Waals surface area (Å²) in [5.41, 5.74) is 0. The van der Waals surface area contributed by atoms with E-state index in [0.717, 1.165) is 83.5 Å². The zero-order valence-electron chi connectivity index (χ0n) is 40.9. The zero-order valence-corrected chi connectivity index (χ0v) is 40.9. The SMILES string of the molecule is CC/C=C/C=C/C=C\C=C/CCCC(CC(=O)NC(CO)C(O)CCCCCCCCCCCCCCCCC)OC(=O)CCCCCCC/C=C/C=C/C=C/C=C/CCCCC. The van der Waals surface area contributed by atoms with Crippen molar-refractivity contribution in [3.63, 3.8) is 0 Å². The van der Waals surface area contributed by atoms with Gasteiger partial charge in [0.25, 0.3) is 0 Å². The molecule has 0 fully saturated rings. The second kappa shape index (κ2) is 49.8. The summed E-state index contributed by atoms with van der Waals surface area (Å²) in [7, 11) is 0. The van der Waals surface area contributed by atoms with Crippen molar-refractivity contribution in [1.82, 2.24) is 5.32 Å². The highest BCUT2D eigenvalue weighted by Crippen LogP contribution is 2.17. The van der Waals surface area contributed by atoms with E-state index < -0.39 is 18.2 Å². The maximum absolute atomic E-state index is 13.2. The van der Waals surface area contributed by atoms with Crippen molar-refractivity contribution in [3.8, 4) is 0 Å². The summed E-state index contributed by atoms with van der Waals surface area (Å²) in [6.45, 7) is 6.27. The number of aliphatic hydroxyl groups excluding tert-OH is 2. The molecule has 3 atom stereocenters. The molecule has 0 aromatic heterocycles. The van der Waals surface area contributed by atoms with E-state index in [4.69, 9.17) is 4.74 Å². The molecule has 0 saturated carbocycles. The first-order chi connectivity index (χ1) is 31.0. The number of hydrogen-bond acceptors (Lipinski definition) is 5. The van der Waals surface area contributed by atoms with Crippen LogP contribution in [0.4, 0.5) is 0 Å². The van der Waals surface area contributed by atoms with Gasteiger partial charge in [0.05, 0.1) is 25.2 Å². The number of carbonyl (C=O) groups excluding carboxylic acids is 2. The largest absolute Gasteiger partial charge is 0.462 e. The molecule has 3 N–H and O–H groups in total. The maximum atomic E-state index is 13.2. The Balaban J connectivity index is 4.63. The maximum Gasteiger partial charge on any atom is 0.306 e. The Morgan fingerprint density at radius 3 is 1.37 bits per heavy atom. The number of aliphatic hydroxyl groups is 2. The molecule has 0 bridgehead atoms. The van der Waals surface area contributed by atoms with Crippen LogP contribution in [0.2, 0.25) is 0 Å². The quantitative estimate of drug-likeness (QED) is 0.0322. The third-order valence-corrected chi connectivity index (χ3v) is 11.3. The lowest BCUT2D eigenvalue weighted by Gasteiger charge is -2.24. The van der Waals surface area contributed by atoms with Crippen LogP contribution in [-0.4, -0.2) is 46.9 Å². The van der Waals surface area contributed by atoms with Crippen molar-refractivity contribution >= 4 is 11.9 Å². The Morgan fingerprint density at radius 2 is 0.873 bits per heavy atom. The highest BCUT2D eigenvalue weighted by atomic mass is 16.5. The van der Waals surface area contributed by atoms with E-state index in [0.29, 0.717) is 19.3 Å². The fraction of sp³-hybridized carbons (Fsp3) is 0.684. The molecule has 6 nitrogen and oxygen atoms in total. The van der Waals surface area contributed by atoms with E-state index in [1.807, 2.05) is 36.5 Å². The van der Waals surface area contributed by atoms with Crippen LogP contribution in [0.1, 0.15) is 226 Å². The molecular weight excluding hydrogens is 779 g/mol. The van der Waals surface area contributed by atoms with Crippen LogP contribution in [0.3, 0.4) is 0 Å². The van der Waals surface area contributed by atoms with Crippen LogP contribution in [0.15, 0.2) is 97.2 Å². The van der Waals surface area contributed by atoms with E-state index in [1.54, 1.807) is 0 Å². The molecule has 0 radical (unpaired) electrons. The molecule has 0 heterocycles. The highest BCUT2D eigenvalue weighted by Gasteiger charge is 2.24. The summed E-state index contributed by atoms with van der Waals surface area (Å²) in [6, 6.07) is -0.733. The van der Waals surface area contributed by atoms with Crippen molar-refractivity contribution in [2.45, 2.75) is 244 Å². The summed E-state index contributed by atoms with van der Waals surface area (Å²) in [5.74, 6) is -0.575. The van der Waals surface area contributed by atoms with Gasteiger partial charge in [0.15, 0.2) is 0 Å². The molecule has 0 aromatic rings. The second-order valence-corrected chi connectivity index (χ2v) is 17.4. The van der Waals surface area contributed by atoms with E-state index in [-0.39, 0.29) is 24.9 Å². The summed E-state index contributed by atoms with van der Waals surface area (Å²) in [5, 5.41) is 23.7. The van der Waals surface area contributed by atoms with Crippen LogP contribution in [0, 0.1) is 0 Å². The Bertz CT molecular complexity index is 1260. The number of hydrogen-bond donors (Lipinski definition) is 3. The lowest BCUT2D eigenvalue weighted by atomic mass is 10.0. The molecule has 0 saturated heterocycles. The van der Waals surface area contributed by atoms with Gasteiger partial charge in [-0.1, -0.05) is 246 Å². The Labute approximate surface area is 388 Å². The molecule has 0 aliphatic carbocycles. The zero-order chi connectivity index (χ0) is 45.9. The Morgan fingerprint density at radius 1 is 0.476 bits per heavy atom. The molecule has 0 aliphatic rings. The van der Waals surface area contributed by atoms with Gasteiger partial charge in [-0.3, -0.25) is 9.59 Å². The minimum Gasteiger partial charge on any atom is -0.462 e. The van der Waals surface area contributed by atoms with Crippen molar-refractivity contribution in [3.05, 3.63) is 97.2 Å². The summed E-state index contributed by atoms with van der Waals surface area (Å²) >= 11 is 0. The molecule has 6 heteroatoms. The molecule has 3 unspecified atom stereocenters. The number of esters is 1. The van der Waals surface area contributed by atoms with Crippen molar-refractivity contribution in [2.75, 3.05) is 6.61 Å². The van der Waals surface area contributed by atoms with Gasteiger partial charge in [0.1, 0.15) is 6.10 Å². The first-order valence-electron chi connectivity index (χ1n) is 26.1. The van der Waals surface area contributed by atoms with Gasteiger partial charge in [-0.2, -0.15) is 0 Å². The van der Waals surface area contributed by atoms with E-state index in [2.05, 4.69) is 86.8 Å². The summed E-state index contributed by atoms with van der Waals surface area (Å²) in [4.78, 5) is 26.1.